The molecule has 4 rings (SSSR count). The van der Waals surface area contributed by atoms with Crippen LogP contribution < -0.4 is 0 Å². The second-order valence-electron chi connectivity index (χ2n) is 6.51. The van der Waals surface area contributed by atoms with Crippen LogP contribution >= 0.6 is 0 Å². The highest BCUT2D eigenvalue weighted by molar-refractivity contribution is 5.44. The van der Waals surface area contributed by atoms with E-state index in [1.807, 2.05) is 38.5 Å². The summed E-state index contributed by atoms with van der Waals surface area (Å²) in [5.41, 5.74) is 0.990. The van der Waals surface area contributed by atoms with E-state index in [-0.39, 0.29) is 0 Å². The largest absolute Gasteiger partial charge is 0.459 e. The lowest BCUT2D eigenvalue weighted by molar-refractivity contribution is 0.118. The maximum atomic E-state index is 5.75. The number of imidazole rings is 1. The van der Waals surface area contributed by atoms with Crippen molar-refractivity contribution in [1.29, 1.82) is 0 Å². The van der Waals surface area contributed by atoms with E-state index in [0.717, 1.165) is 56.5 Å². The van der Waals surface area contributed by atoms with E-state index < -0.39 is 0 Å². The fourth-order valence-electron chi connectivity index (χ4n) is 3.15. The van der Waals surface area contributed by atoms with Gasteiger partial charge in [0.1, 0.15) is 11.6 Å². The quantitative estimate of drug-likeness (QED) is 0.709. The van der Waals surface area contributed by atoms with Crippen LogP contribution in [0.25, 0.3) is 11.7 Å². The lowest BCUT2D eigenvalue weighted by atomic mass is 10.2. The molecule has 0 bridgehead atoms. The highest BCUT2D eigenvalue weighted by atomic mass is 16.4. The third-order valence-electron chi connectivity index (χ3n) is 4.75. The molecule has 7 heteroatoms. The highest BCUT2D eigenvalue weighted by Crippen LogP contribution is 2.23. The van der Waals surface area contributed by atoms with Gasteiger partial charge in [-0.2, -0.15) is 0 Å². The van der Waals surface area contributed by atoms with Gasteiger partial charge in [0.25, 0.3) is 5.89 Å². The normalized spacial score (nSPS) is 16.6. The summed E-state index contributed by atoms with van der Waals surface area (Å²) in [6.07, 6.45) is 5.49. The Morgan fingerprint density at radius 2 is 1.88 bits per heavy atom. The molecule has 3 aromatic heterocycles. The van der Waals surface area contributed by atoms with E-state index in [2.05, 4.69) is 24.3 Å². The van der Waals surface area contributed by atoms with Gasteiger partial charge in [0.15, 0.2) is 5.76 Å². The Bertz CT molecular complexity index is 813. The summed E-state index contributed by atoms with van der Waals surface area (Å²) in [7, 11) is 2.04. The van der Waals surface area contributed by atoms with E-state index in [4.69, 9.17) is 8.83 Å². The maximum Gasteiger partial charge on any atom is 0.263 e. The molecule has 3 aromatic rings. The molecule has 1 aliphatic heterocycles. The Labute approximate surface area is 146 Å². The number of hydrogen-bond donors (Lipinski definition) is 0. The number of aryl methyl sites for hydroxylation is 2. The Balaban J connectivity index is 1.34. The van der Waals surface area contributed by atoms with Crippen LogP contribution in [0.2, 0.25) is 0 Å². The summed E-state index contributed by atoms with van der Waals surface area (Å²) >= 11 is 0. The van der Waals surface area contributed by atoms with Crippen molar-refractivity contribution in [3.8, 4) is 11.7 Å². The van der Waals surface area contributed by atoms with E-state index >= 15 is 0 Å². The van der Waals surface area contributed by atoms with Gasteiger partial charge in [0.2, 0.25) is 0 Å². The minimum Gasteiger partial charge on any atom is -0.459 e. The van der Waals surface area contributed by atoms with Crippen LogP contribution in [0, 0.1) is 6.92 Å². The van der Waals surface area contributed by atoms with Crippen molar-refractivity contribution in [3.63, 3.8) is 0 Å². The van der Waals surface area contributed by atoms with Gasteiger partial charge in [0, 0.05) is 52.2 Å². The predicted octanol–water partition coefficient (Wildman–Crippen LogP) is 2.29. The Morgan fingerprint density at radius 1 is 1.12 bits per heavy atom. The lowest BCUT2D eigenvalue weighted by Gasteiger charge is -2.34. The zero-order valence-electron chi connectivity index (χ0n) is 14.7. The van der Waals surface area contributed by atoms with Crippen molar-refractivity contribution in [2.45, 2.75) is 20.0 Å². The third-order valence-corrected chi connectivity index (χ3v) is 4.75. The first-order valence-corrected chi connectivity index (χ1v) is 8.60. The van der Waals surface area contributed by atoms with Crippen LogP contribution in [0.1, 0.15) is 17.3 Å². The average molecular weight is 341 g/mol. The molecular weight excluding hydrogens is 318 g/mol. The smallest absolute Gasteiger partial charge is 0.263 e. The molecule has 0 atom stereocenters. The Kier molecular flexibility index (Phi) is 4.42. The summed E-state index contributed by atoms with van der Waals surface area (Å²) < 4.78 is 13.2. The third kappa shape index (κ3) is 3.52. The van der Waals surface area contributed by atoms with Crippen molar-refractivity contribution >= 4 is 0 Å². The van der Waals surface area contributed by atoms with Gasteiger partial charge >= 0.3 is 0 Å². The summed E-state index contributed by atoms with van der Waals surface area (Å²) in [6.45, 7) is 7.80. The molecule has 4 heterocycles. The molecule has 7 nitrogen and oxygen atoms in total. The number of piperazine rings is 1. The monoisotopic (exact) mass is 341 g/mol. The molecule has 0 aromatic carbocycles. The number of nitrogens with zero attached hydrogens (tertiary/aromatic N) is 5. The van der Waals surface area contributed by atoms with Gasteiger partial charge in [-0.15, -0.1) is 0 Å². The highest BCUT2D eigenvalue weighted by Gasteiger charge is 2.21. The minimum absolute atomic E-state index is 0.561. The Morgan fingerprint density at radius 3 is 2.52 bits per heavy atom. The second-order valence-corrected chi connectivity index (χ2v) is 6.51. The molecule has 0 aliphatic carbocycles. The van der Waals surface area contributed by atoms with Crippen molar-refractivity contribution in [2.75, 3.05) is 26.2 Å². The SMILES string of the molecule is Cc1oc(-c2ccco2)nc1CN1CCN(Cc2nccn2C)CC1. The summed E-state index contributed by atoms with van der Waals surface area (Å²) in [5, 5.41) is 0. The van der Waals surface area contributed by atoms with Crippen LogP contribution in [0.15, 0.2) is 39.6 Å². The molecule has 1 aliphatic rings. The van der Waals surface area contributed by atoms with Crippen molar-refractivity contribution < 1.29 is 8.83 Å². The molecular formula is C18H23N5O2. The first-order valence-electron chi connectivity index (χ1n) is 8.60. The number of oxazole rings is 1. The molecule has 0 unspecified atom stereocenters. The van der Waals surface area contributed by atoms with Crippen LogP contribution in [0.3, 0.4) is 0 Å². The van der Waals surface area contributed by atoms with Crippen molar-refractivity contribution in [2.24, 2.45) is 7.05 Å². The number of aromatic nitrogens is 3. The van der Waals surface area contributed by atoms with Crippen molar-refractivity contribution in [3.05, 3.63) is 48.1 Å². The molecule has 0 N–H and O–H groups in total. The van der Waals surface area contributed by atoms with E-state index in [1.54, 1.807) is 6.26 Å². The van der Waals surface area contributed by atoms with Gasteiger partial charge in [-0.05, 0) is 19.1 Å². The number of furan rings is 1. The second kappa shape index (κ2) is 6.85. The predicted molar refractivity (Wildman–Crippen MR) is 92.7 cm³/mol. The summed E-state index contributed by atoms with van der Waals surface area (Å²) in [6, 6.07) is 3.71. The van der Waals surface area contributed by atoms with Gasteiger partial charge in [-0.3, -0.25) is 9.80 Å². The molecule has 25 heavy (non-hydrogen) atoms. The first kappa shape index (κ1) is 16.1. The molecule has 0 saturated carbocycles. The number of hydrogen-bond acceptors (Lipinski definition) is 6. The summed E-state index contributed by atoms with van der Waals surface area (Å²) in [5.74, 6) is 3.21. The standard InChI is InChI=1S/C18H23N5O2/c1-14-15(20-18(25-14)16-4-3-11-24-16)12-22-7-9-23(10-8-22)13-17-19-5-6-21(17)2/h3-6,11H,7-10,12-13H2,1-2H3. The molecule has 0 spiro atoms. The minimum atomic E-state index is 0.561. The number of rotatable bonds is 5. The molecule has 0 radical (unpaired) electrons. The fraction of sp³-hybridized carbons (Fsp3) is 0.444. The van der Waals surface area contributed by atoms with Crippen LogP contribution in [0.5, 0.6) is 0 Å². The molecule has 1 saturated heterocycles. The Hall–Kier alpha value is -2.38. The molecule has 132 valence electrons. The van der Waals surface area contributed by atoms with Crippen LogP contribution in [-0.4, -0.2) is 50.5 Å². The van der Waals surface area contributed by atoms with E-state index in [0.29, 0.717) is 11.7 Å². The van der Waals surface area contributed by atoms with Gasteiger partial charge in [0.05, 0.1) is 18.5 Å². The van der Waals surface area contributed by atoms with Gasteiger partial charge in [-0.1, -0.05) is 0 Å². The topological polar surface area (TPSA) is 63.5 Å². The maximum absolute atomic E-state index is 5.75. The van der Waals surface area contributed by atoms with Crippen LogP contribution in [0.4, 0.5) is 0 Å². The molecule has 0 amide bonds. The van der Waals surface area contributed by atoms with E-state index in [1.165, 1.54) is 0 Å². The van der Waals surface area contributed by atoms with Gasteiger partial charge < -0.3 is 13.4 Å². The fourth-order valence-corrected chi connectivity index (χ4v) is 3.15. The first-order chi connectivity index (χ1) is 12.2. The van der Waals surface area contributed by atoms with E-state index in [9.17, 15) is 0 Å². The lowest BCUT2D eigenvalue weighted by Crippen LogP contribution is -2.45. The summed E-state index contributed by atoms with van der Waals surface area (Å²) in [4.78, 5) is 13.9. The molecule has 1 fully saturated rings. The van der Waals surface area contributed by atoms with Gasteiger partial charge in [-0.25, -0.2) is 9.97 Å². The van der Waals surface area contributed by atoms with Crippen molar-refractivity contribution in [1.82, 2.24) is 24.3 Å². The average Bonchev–Trinajstić information content (AvgIpc) is 3.33. The zero-order chi connectivity index (χ0) is 17.2. The zero-order valence-corrected chi connectivity index (χ0v) is 14.7. The van der Waals surface area contributed by atoms with Crippen LogP contribution in [-0.2, 0) is 20.1 Å².